The number of ether oxygens (including phenoxy) is 5. The summed E-state index contributed by atoms with van der Waals surface area (Å²) in [4.78, 5) is 54.5. The zero-order valence-corrected chi connectivity index (χ0v) is 70.9. The number of carbonyl (C=O) groups excluding carboxylic acids is 4. The molecule has 2 N–H and O–H groups in total. The van der Waals surface area contributed by atoms with Gasteiger partial charge in [-0.1, -0.05) is 226 Å². The first-order chi connectivity index (χ1) is 46.6. The van der Waals surface area contributed by atoms with Gasteiger partial charge in [-0.25, -0.2) is 19.4 Å². The second-order valence-electron chi connectivity index (χ2n) is 33.2. The number of allylic oxidation sites excluding steroid dienone is 2. The van der Waals surface area contributed by atoms with E-state index in [1.807, 2.05) is 101 Å². The summed E-state index contributed by atoms with van der Waals surface area (Å²) >= 11 is 0. The van der Waals surface area contributed by atoms with Gasteiger partial charge in [0.2, 0.25) is 11.8 Å². The van der Waals surface area contributed by atoms with Gasteiger partial charge in [-0.2, -0.15) is 0 Å². The van der Waals surface area contributed by atoms with Crippen LogP contribution in [0.1, 0.15) is 150 Å². The highest BCUT2D eigenvalue weighted by molar-refractivity contribution is 6.75. The molecule has 0 radical (unpaired) electrons. The molecule has 572 valence electrons. The van der Waals surface area contributed by atoms with Crippen molar-refractivity contribution in [2.24, 2.45) is 47.3 Å². The Balaban J connectivity index is 0.000000528. The van der Waals surface area contributed by atoms with Crippen LogP contribution in [-0.2, 0) is 59.4 Å². The van der Waals surface area contributed by atoms with Crippen LogP contribution in [0.2, 0.25) is 54.4 Å². The van der Waals surface area contributed by atoms with Crippen LogP contribution in [0.5, 0.6) is 0 Å². The lowest BCUT2D eigenvalue weighted by Crippen LogP contribution is -2.49. The summed E-state index contributed by atoms with van der Waals surface area (Å²) in [6.07, 6.45) is 9.28. The van der Waals surface area contributed by atoms with E-state index in [0.717, 1.165) is 16.7 Å². The molecule has 2 heterocycles. The summed E-state index contributed by atoms with van der Waals surface area (Å²) in [5.41, 5.74) is 5.08. The molecule has 16 nitrogen and oxygen atoms in total. The molecule has 4 rings (SSSR count). The van der Waals surface area contributed by atoms with Gasteiger partial charge in [-0.3, -0.25) is 9.59 Å². The molecule has 19 heteroatoms. The lowest BCUT2D eigenvalue weighted by molar-refractivity contribution is -0.136. The Bertz CT molecular complexity index is 2860. The van der Waals surface area contributed by atoms with E-state index in [9.17, 15) is 29.4 Å². The van der Waals surface area contributed by atoms with Crippen molar-refractivity contribution >= 4 is 49.0 Å². The van der Waals surface area contributed by atoms with Crippen LogP contribution in [0.4, 0.5) is 9.59 Å². The van der Waals surface area contributed by atoms with Crippen LogP contribution in [0, 0.1) is 47.3 Å². The third-order valence-electron chi connectivity index (χ3n) is 22.4. The predicted molar refractivity (Wildman–Crippen MR) is 421 cm³/mol. The summed E-state index contributed by atoms with van der Waals surface area (Å²) in [5, 5.41) is 20.8. The van der Waals surface area contributed by atoms with Gasteiger partial charge in [0, 0.05) is 51.6 Å². The third-order valence-corrected chi connectivity index (χ3v) is 35.8. The fraction of sp³-hybridized carbons (Fsp3) is 0.659. The van der Waals surface area contributed by atoms with Gasteiger partial charge in [0.25, 0.3) is 0 Å². The summed E-state index contributed by atoms with van der Waals surface area (Å²) in [6.45, 7) is 68.0. The molecule has 101 heavy (non-hydrogen) atoms. The average Bonchev–Trinajstić information content (AvgIpc) is 1.79. The van der Waals surface area contributed by atoms with Crippen molar-refractivity contribution in [3.8, 4) is 0 Å². The van der Waals surface area contributed by atoms with Crippen LogP contribution in [0.15, 0.2) is 134 Å². The van der Waals surface area contributed by atoms with Gasteiger partial charge in [-0.05, 0) is 122 Å². The largest absolute Gasteiger partial charge is 0.447 e. The Morgan fingerprint density at radius 1 is 0.505 bits per heavy atom. The van der Waals surface area contributed by atoms with E-state index < -0.39 is 61.1 Å². The SMILES string of the molecule is C=C[C@H](OC)[C@@H](O[Si](C)(C)C(C)(C)C)[C@H](C)/C=C(/C)[C@H](C)C(C)C(=O)N1C(=O)OC[C@H]1Cc1ccccc1.C=C[C@H](OC)[C@@H](O[Si](C)(C)C(C)(C)C)[C@H](C)/C=C(/C)[C@H](C)C(C)CO.C=C[C@H](OC)[C@@H](O[Si](C)(C)C(C)(C)C)[C@H](C)/C=C(/C)[C@H](O)C(C)C(=O)N1C(=O)OC[C@H]1Cc1ccccc1. The van der Waals surface area contributed by atoms with E-state index in [1.165, 1.54) is 15.4 Å². The summed E-state index contributed by atoms with van der Waals surface area (Å²) in [7, 11) is -1.12. The molecular weight excluding hydrogens is 1320 g/mol. The predicted octanol–water partition coefficient (Wildman–Crippen LogP) is 18.2. The van der Waals surface area contributed by atoms with Crippen LogP contribution < -0.4 is 0 Å². The van der Waals surface area contributed by atoms with E-state index in [1.54, 1.807) is 47.3 Å². The topological polar surface area (TPSA) is 189 Å². The van der Waals surface area contributed by atoms with Crippen molar-refractivity contribution in [2.45, 2.75) is 261 Å². The molecule has 0 aliphatic carbocycles. The van der Waals surface area contributed by atoms with E-state index in [2.05, 4.69) is 168 Å². The number of amides is 4. The van der Waals surface area contributed by atoms with E-state index in [4.69, 9.17) is 37.0 Å². The van der Waals surface area contributed by atoms with Gasteiger partial charge in [-0.15, -0.1) is 19.7 Å². The third kappa shape index (κ3) is 26.3. The average molecular weight is 1460 g/mol. The Morgan fingerprint density at radius 3 is 1.07 bits per heavy atom. The molecule has 0 spiro atoms. The molecule has 4 amide bonds. The van der Waals surface area contributed by atoms with Crippen LogP contribution in [0.3, 0.4) is 0 Å². The standard InChI is InChI=1S/C31H49NO5Si.C30H47NO6Si.C21H42O3Si/c1-12-27(35-9)28(37-38(10,11)31(6,7)8)22(3)18-21(2)23(4)24(5)29(33)32-26(20-36-30(32)34)19-25-16-14-13-15-17-25;1-11-25(35-8)27(37-38(9,10)30(5,6)7)21(3)17-20(2)26(32)22(4)28(33)31-24(19-36-29(31)34)18-23-15-13-12-14-16-23;1-12-19(23-9)20(24-25(10,11)21(6,7)8)16(3)13-15(2)18(5)17(4)14-22/h12-18,22-24,26-28H,1,19-20H2,2-11H3;11-17,21-22,24-27,32H,1,18-19H2,2-10H3;12-13,16-20,22H,1,14H2,2-11H3/b21-18-;20-17-;15-13-/t22-,23+,24?,26-,27+,28+;21-,22?,24-,25+,26+,27+;16-,17?,18+,19+,20+/m111/s1. The first-order valence-corrected chi connectivity index (χ1v) is 45.2. The van der Waals surface area contributed by atoms with Crippen molar-refractivity contribution in [3.63, 3.8) is 0 Å². The minimum atomic E-state index is -2.14. The van der Waals surface area contributed by atoms with Gasteiger partial charge in [0.05, 0.1) is 42.4 Å². The molecule has 2 fully saturated rings. The first-order valence-electron chi connectivity index (χ1n) is 36.5. The highest BCUT2D eigenvalue weighted by Gasteiger charge is 2.47. The number of aliphatic hydroxyl groups is 2. The molecule has 0 bridgehead atoms. The quantitative estimate of drug-likeness (QED) is 0.0497. The van der Waals surface area contributed by atoms with E-state index >= 15 is 0 Å². The number of benzene rings is 2. The molecule has 2 aromatic rings. The molecule has 0 saturated carbocycles. The fourth-order valence-electron chi connectivity index (χ4n) is 11.7. The number of aliphatic hydroxyl groups excluding tert-OH is 2. The zero-order chi connectivity index (χ0) is 77.7. The second kappa shape index (κ2) is 40.5. The fourth-order valence-corrected chi connectivity index (χ4v) is 15.9. The molecule has 2 aliphatic heterocycles. The summed E-state index contributed by atoms with van der Waals surface area (Å²) in [6, 6.07) is 18.8. The normalized spacial score (nSPS) is 20.6. The number of nitrogens with zero attached hydrogens (tertiary/aromatic N) is 2. The number of hydrogen-bond donors (Lipinski definition) is 2. The monoisotopic (exact) mass is 1460 g/mol. The number of cyclic esters (lactones) is 2. The first kappa shape index (κ1) is 92.2. The molecule has 2 aromatic carbocycles. The maximum Gasteiger partial charge on any atom is 0.416 e. The Morgan fingerprint density at radius 2 is 0.792 bits per heavy atom. The number of rotatable bonds is 34. The molecule has 0 aromatic heterocycles. The molecular formula is C82H138N2O14Si3. The van der Waals surface area contributed by atoms with E-state index in [0.29, 0.717) is 24.3 Å². The highest BCUT2D eigenvalue weighted by atomic mass is 28.4. The van der Waals surface area contributed by atoms with Crippen molar-refractivity contribution in [1.29, 1.82) is 0 Å². The maximum absolute atomic E-state index is 13.6. The van der Waals surface area contributed by atoms with Gasteiger partial charge >= 0.3 is 12.2 Å². The molecule has 17 atom stereocenters. The second-order valence-corrected chi connectivity index (χ2v) is 47.4. The number of methoxy groups -OCH3 is 3. The Hall–Kier alpha value is -4.91. The van der Waals surface area contributed by atoms with Crippen molar-refractivity contribution < 1.29 is 66.4 Å². The summed E-state index contributed by atoms with van der Waals surface area (Å²) < 4.78 is 47.9. The molecule has 2 aliphatic rings. The van der Waals surface area contributed by atoms with Gasteiger partial charge in [0.1, 0.15) is 31.5 Å². The smallest absolute Gasteiger partial charge is 0.416 e. The molecule has 3 unspecified atom stereocenters. The van der Waals surface area contributed by atoms with Gasteiger partial charge < -0.3 is 47.2 Å². The minimum absolute atomic E-state index is 0.00423. The number of carbonyl (C=O) groups is 4. The van der Waals surface area contributed by atoms with Crippen LogP contribution >= 0.6 is 0 Å². The molecule has 2 saturated heterocycles. The lowest BCUT2D eigenvalue weighted by atomic mass is 9.85. The summed E-state index contributed by atoms with van der Waals surface area (Å²) in [5.74, 6) is -1.26. The Kier molecular flexibility index (Phi) is 37.0. The zero-order valence-electron chi connectivity index (χ0n) is 67.9. The van der Waals surface area contributed by atoms with E-state index in [-0.39, 0.29) is 119 Å². The van der Waals surface area contributed by atoms with Crippen LogP contribution in [0.25, 0.3) is 0 Å². The van der Waals surface area contributed by atoms with Crippen molar-refractivity contribution in [3.05, 3.63) is 145 Å². The number of hydrogen-bond acceptors (Lipinski definition) is 14. The van der Waals surface area contributed by atoms with Crippen molar-refractivity contribution in [1.82, 2.24) is 9.80 Å². The minimum Gasteiger partial charge on any atom is -0.447 e. The highest BCUT2D eigenvalue weighted by Crippen LogP contribution is 2.43. The van der Waals surface area contributed by atoms with Crippen molar-refractivity contribution in [2.75, 3.05) is 41.2 Å². The maximum atomic E-state index is 13.6. The van der Waals surface area contributed by atoms with Crippen LogP contribution in [-0.4, -0.2) is 165 Å². The Labute approximate surface area is 615 Å². The lowest BCUT2D eigenvalue weighted by Gasteiger charge is -2.42. The van der Waals surface area contributed by atoms with Gasteiger partial charge in [0.15, 0.2) is 25.0 Å². The number of imide groups is 2.